The average molecular weight is 473 g/mol. The van der Waals surface area contributed by atoms with E-state index in [4.69, 9.17) is 23.2 Å². The van der Waals surface area contributed by atoms with Gasteiger partial charge in [0.2, 0.25) is 11.8 Å². The quantitative estimate of drug-likeness (QED) is 0.497. The van der Waals surface area contributed by atoms with Gasteiger partial charge in [-0.2, -0.15) is 0 Å². The molecule has 0 heterocycles. The molecule has 3 rings (SSSR count). The highest BCUT2D eigenvalue weighted by Gasteiger charge is 2.29. The third-order valence-corrected chi connectivity index (χ3v) is 5.86. The van der Waals surface area contributed by atoms with Gasteiger partial charge < -0.3 is 10.2 Å². The molecule has 1 N–H and O–H groups in total. The molecule has 0 unspecified atom stereocenters. The number of carbonyl (C=O) groups is 2. The first-order valence-electron chi connectivity index (χ1n) is 10.1. The number of hydrogen-bond donors (Lipinski definition) is 1. The normalized spacial score (nSPS) is 11.6. The van der Waals surface area contributed by atoms with Gasteiger partial charge in [0.1, 0.15) is 11.9 Å². The Bertz CT molecular complexity index is 1080. The number of nitrogens with zero attached hydrogens (tertiary/aromatic N) is 1. The first-order valence-corrected chi connectivity index (χ1v) is 10.9. The number of benzene rings is 3. The molecule has 32 heavy (non-hydrogen) atoms. The van der Waals surface area contributed by atoms with E-state index in [9.17, 15) is 14.0 Å². The largest absolute Gasteiger partial charge is 0.357 e. The highest BCUT2D eigenvalue weighted by atomic mass is 35.5. The lowest BCUT2D eigenvalue weighted by Crippen LogP contribution is -2.50. The van der Waals surface area contributed by atoms with E-state index in [1.54, 1.807) is 37.4 Å². The summed E-state index contributed by atoms with van der Waals surface area (Å²) in [6.07, 6.45) is 0.384. The number of carbonyl (C=O) groups excluding carboxylic acids is 2. The van der Waals surface area contributed by atoms with Crippen molar-refractivity contribution in [3.63, 3.8) is 0 Å². The Labute approximate surface area is 197 Å². The van der Waals surface area contributed by atoms with Gasteiger partial charge in [0, 0.05) is 20.0 Å². The molecule has 0 spiro atoms. The topological polar surface area (TPSA) is 49.4 Å². The molecule has 166 valence electrons. The van der Waals surface area contributed by atoms with Gasteiger partial charge in [-0.05, 0) is 41.0 Å². The van der Waals surface area contributed by atoms with Gasteiger partial charge in [0.15, 0.2) is 0 Å². The fourth-order valence-electron chi connectivity index (χ4n) is 3.43. The van der Waals surface area contributed by atoms with Crippen molar-refractivity contribution >= 4 is 35.0 Å². The number of amides is 2. The van der Waals surface area contributed by atoms with Crippen molar-refractivity contribution in [2.45, 2.75) is 25.4 Å². The van der Waals surface area contributed by atoms with Gasteiger partial charge in [-0.25, -0.2) is 4.39 Å². The van der Waals surface area contributed by atoms with Crippen LogP contribution in [0.1, 0.15) is 16.7 Å². The summed E-state index contributed by atoms with van der Waals surface area (Å²) in [5.41, 5.74) is 2.33. The van der Waals surface area contributed by atoms with Crippen molar-refractivity contribution in [2.75, 3.05) is 7.05 Å². The first-order chi connectivity index (χ1) is 15.4. The first kappa shape index (κ1) is 23.8. The summed E-state index contributed by atoms with van der Waals surface area (Å²) in [6.45, 7) is 0.158. The maximum atomic E-state index is 13.4. The summed E-state index contributed by atoms with van der Waals surface area (Å²) in [5.74, 6) is -0.898. The molecule has 4 nitrogen and oxygen atoms in total. The van der Waals surface area contributed by atoms with Gasteiger partial charge in [0.05, 0.1) is 16.5 Å². The second-order valence-electron chi connectivity index (χ2n) is 7.39. The van der Waals surface area contributed by atoms with Crippen LogP contribution in [-0.4, -0.2) is 29.8 Å². The number of halogens is 3. The van der Waals surface area contributed by atoms with Gasteiger partial charge >= 0.3 is 0 Å². The summed E-state index contributed by atoms with van der Waals surface area (Å²) >= 11 is 12.1. The van der Waals surface area contributed by atoms with Crippen LogP contribution in [0.4, 0.5) is 4.39 Å². The van der Waals surface area contributed by atoms with E-state index in [0.717, 1.165) is 11.1 Å². The minimum absolute atomic E-state index is 0.0420. The van der Waals surface area contributed by atoms with E-state index >= 15 is 0 Å². The van der Waals surface area contributed by atoms with Gasteiger partial charge in [-0.15, -0.1) is 0 Å². The number of nitrogens with one attached hydrogen (secondary N) is 1. The molecule has 0 aliphatic heterocycles. The fourth-order valence-corrected chi connectivity index (χ4v) is 3.75. The fraction of sp³-hybridized carbons (Fsp3) is 0.200. The van der Waals surface area contributed by atoms with Crippen molar-refractivity contribution in [2.24, 2.45) is 0 Å². The zero-order chi connectivity index (χ0) is 23.1. The highest BCUT2D eigenvalue weighted by molar-refractivity contribution is 6.42. The van der Waals surface area contributed by atoms with Crippen LogP contribution in [-0.2, 0) is 29.0 Å². The molecule has 0 aromatic heterocycles. The van der Waals surface area contributed by atoms with Crippen LogP contribution >= 0.6 is 23.2 Å². The molecular formula is C25H23Cl2FN2O2. The number of hydrogen-bond acceptors (Lipinski definition) is 2. The third kappa shape index (κ3) is 6.31. The highest BCUT2D eigenvalue weighted by Crippen LogP contribution is 2.24. The second kappa shape index (κ2) is 11.1. The van der Waals surface area contributed by atoms with Crippen molar-refractivity contribution in [1.82, 2.24) is 10.2 Å². The van der Waals surface area contributed by atoms with Crippen LogP contribution in [0.25, 0.3) is 0 Å². The molecule has 0 saturated heterocycles. The standard InChI is InChI=1S/C25H23Cl2FN2O2/c1-29-25(32)23(14-17-5-3-2-4-6-17)30(16-18-7-10-20(28)11-8-18)24(31)15-19-9-12-21(26)22(27)13-19/h2-13,23H,14-16H2,1H3,(H,29,32)/t23-/m1/s1. The molecule has 0 saturated carbocycles. The minimum Gasteiger partial charge on any atom is -0.357 e. The summed E-state index contributed by atoms with van der Waals surface area (Å²) in [4.78, 5) is 27.8. The monoisotopic (exact) mass is 472 g/mol. The summed E-state index contributed by atoms with van der Waals surface area (Å²) in [7, 11) is 1.54. The van der Waals surface area contributed by atoms with Crippen LogP contribution in [0.5, 0.6) is 0 Å². The zero-order valence-corrected chi connectivity index (χ0v) is 19.0. The van der Waals surface area contributed by atoms with Gasteiger partial charge in [-0.1, -0.05) is 71.7 Å². The Morgan fingerprint density at radius 3 is 2.19 bits per heavy atom. The smallest absolute Gasteiger partial charge is 0.242 e. The third-order valence-electron chi connectivity index (χ3n) is 5.12. The van der Waals surface area contributed by atoms with Crippen LogP contribution in [0.2, 0.25) is 10.0 Å². The SMILES string of the molecule is CNC(=O)[C@@H](Cc1ccccc1)N(Cc1ccc(F)cc1)C(=O)Cc1ccc(Cl)c(Cl)c1. The van der Waals surface area contributed by atoms with E-state index in [-0.39, 0.29) is 30.6 Å². The van der Waals surface area contributed by atoms with Crippen molar-refractivity contribution in [1.29, 1.82) is 0 Å². The number of rotatable bonds is 8. The van der Waals surface area contributed by atoms with E-state index in [2.05, 4.69) is 5.32 Å². The van der Waals surface area contributed by atoms with E-state index in [1.165, 1.54) is 17.0 Å². The molecule has 0 fully saturated rings. The van der Waals surface area contributed by atoms with E-state index < -0.39 is 6.04 Å². The van der Waals surface area contributed by atoms with Crippen molar-refractivity contribution in [3.8, 4) is 0 Å². The van der Waals surface area contributed by atoms with Crippen molar-refractivity contribution < 1.29 is 14.0 Å². The predicted molar refractivity (Wildman–Crippen MR) is 125 cm³/mol. The predicted octanol–water partition coefficient (Wildman–Crippen LogP) is 5.06. The summed E-state index contributed by atoms with van der Waals surface area (Å²) in [6, 6.07) is 19.6. The molecule has 0 aliphatic carbocycles. The molecule has 7 heteroatoms. The lowest BCUT2D eigenvalue weighted by molar-refractivity contribution is -0.140. The van der Waals surface area contributed by atoms with E-state index in [1.807, 2.05) is 30.3 Å². The lowest BCUT2D eigenvalue weighted by Gasteiger charge is -2.31. The average Bonchev–Trinajstić information content (AvgIpc) is 2.80. The van der Waals surface area contributed by atoms with Gasteiger partial charge in [0.25, 0.3) is 0 Å². The number of likely N-dealkylation sites (N-methyl/N-ethyl adjacent to an activating group) is 1. The lowest BCUT2D eigenvalue weighted by atomic mass is 10.0. The van der Waals surface area contributed by atoms with Crippen LogP contribution < -0.4 is 5.32 Å². The molecule has 3 aromatic carbocycles. The van der Waals surface area contributed by atoms with Crippen molar-refractivity contribution in [3.05, 3.63) is 105 Å². The molecular weight excluding hydrogens is 450 g/mol. The Hall–Kier alpha value is -2.89. The Morgan fingerprint density at radius 1 is 0.906 bits per heavy atom. The maximum Gasteiger partial charge on any atom is 0.242 e. The van der Waals surface area contributed by atoms with Crippen LogP contribution in [0, 0.1) is 5.82 Å². The maximum absolute atomic E-state index is 13.4. The Morgan fingerprint density at radius 2 is 1.56 bits per heavy atom. The second-order valence-corrected chi connectivity index (χ2v) is 8.21. The van der Waals surface area contributed by atoms with E-state index in [0.29, 0.717) is 22.0 Å². The zero-order valence-electron chi connectivity index (χ0n) is 17.5. The van der Waals surface area contributed by atoms with Crippen LogP contribution in [0.15, 0.2) is 72.8 Å². The molecule has 1 atom stereocenters. The minimum atomic E-state index is -0.747. The van der Waals surface area contributed by atoms with Crippen LogP contribution in [0.3, 0.4) is 0 Å². The molecule has 0 aliphatic rings. The Balaban J connectivity index is 1.93. The molecule has 3 aromatic rings. The van der Waals surface area contributed by atoms with Gasteiger partial charge in [-0.3, -0.25) is 9.59 Å². The molecule has 0 radical (unpaired) electrons. The molecule has 2 amide bonds. The Kier molecular flexibility index (Phi) is 8.26. The summed E-state index contributed by atoms with van der Waals surface area (Å²) in [5, 5.41) is 3.42. The molecule has 0 bridgehead atoms. The summed E-state index contributed by atoms with van der Waals surface area (Å²) < 4.78 is 13.4.